The van der Waals surface area contributed by atoms with Crippen LogP contribution in [0.4, 0.5) is 5.82 Å². The predicted octanol–water partition coefficient (Wildman–Crippen LogP) is 1.36. The molecule has 0 unspecified atom stereocenters. The minimum atomic E-state index is 0.282. The van der Waals surface area contributed by atoms with E-state index in [9.17, 15) is 0 Å². The smallest absolute Gasteiger partial charge is 0.319 e. The van der Waals surface area contributed by atoms with Crippen molar-refractivity contribution in [2.45, 2.75) is 13.0 Å². The zero-order valence-corrected chi connectivity index (χ0v) is 10.1. The fourth-order valence-corrected chi connectivity index (χ4v) is 1.69. The minimum absolute atomic E-state index is 0.282. The van der Waals surface area contributed by atoms with E-state index in [1.54, 1.807) is 13.2 Å². The van der Waals surface area contributed by atoms with E-state index in [0.29, 0.717) is 17.8 Å². The Labute approximate surface area is 99.3 Å². The van der Waals surface area contributed by atoms with Gasteiger partial charge in [0.05, 0.1) is 12.7 Å². The van der Waals surface area contributed by atoms with E-state index < -0.39 is 0 Å². The lowest BCUT2D eigenvalue weighted by Crippen LogP contribution is -2.52. The molecular formula is C10H14ClN3O2. The number of nitrogens with zero attached hydrogens (tertiary/aromatic N) is 3. The molecule has 1 aliphatic heterocycles. The third-order valence-electron chi connectivity index (χ3n) is 2.44. The van der Waals surface area contributed by atoms with Crippen molar-refractivity contribution in [3.63, 3.8) is 0 Å². The quantitative estimate of drug-likeness (QED) is 0.748. The molecule has 1 aromatic heterocycles. The summed E-state index contributed by atoms with van der Waals surface area (Å²) in [6.45, 7) is 4.07. The number of ether oxygens (including phenoxy) is 2. The first-order valence-electron chi connectivity index (χ1n) is 5.18. The highest BCUT2D eigenvalue weighted by Crippen LogP contribution is 2.24. The van der Waals surface area contributed by atoms with Gasteiger partial charge in [-0.3, -0.25) is 0 Å². The summed E-state index contributed by atoms with van der Waals surface area (Å²) < 4.78 is 10.4. The molecule has 1 saturated heterocycles. The maximum atomic E-state index is 5.89. The van der Waals surface area contributed by atoms with Gasteiger partial charge in [0.25, 0.3) is 0 Å². The van der Waals surface area contributed by atoms with E-state index in [4.69, 9.17) is 21.1 Å². The van der Waals surface area contributed by atoms with Gasteiger partial charge in [-0.1, -0.05) is 11.6 Å². The van der Waals surface area contributed by atoms with Crippen LogP contribution in [0.25, 0.3) is 0 Å². The number of hydrogen-bond donors (Lipinski definition) is 0. The van der Waals surface area contributed by atoms with Gasteiger partial charge in [-0.25, -0.2) is 0 Å². The molecule has 0 aliphatic carbocycles. The summed E-state index contributed by atoms with van der Waals surface area (Å²) in [6.07, 6.45) is 0.282. The summed E-state index contributed by atoms with van der Waals surface area (Å²) >= 11 is 5.89. The molecule has 0 atom stereocenters. The fourth-order valence-electron chi connectivity index (χ4n) is 1.52. The lowest BCUT2D eigenvalue weighted by molar-refractivity contribution is 0.0782. The van der Waals surface area contributed by atoms with Crippen LogP contribution < -0.4 is 9.64 Å². The highest BCUT2D eigenvalue weighted by atomic mass is 35.5. The minimum Gasteiger partial charge on any atom is -0.464 e. The number of anilines is 1. The second-order valence-electron chi connectivity index (χ2n) is 3.53. The Morgan fingerprint density at radius 1 is 1.50 bits per heavy atom. The average Bonchev–Trinajstić information content (AvgIpc) is 2.15. The van der Waals surface area contributed by atoms with Crippen molar-refractivity contribution in [3.05, 3.63) is 11.2 Å². The second-order valence-corrected chi connectivity index (χ2v) is 3.91. The van der Waals surface area contributed by atoms with E-state index in [0.717, 1.165) is 18.9 Å². The Bertz CT molecular complexity index is 369. The topological polar surface area (TPSA) is 47.5 Å². The third-order valence-corrected chi connectivity index (χ3v) is 2.63. The monoisotopic (exact) mass is 243 g/mol. The largest absolute Gasteiger partial charge is 0.464 e. The van der Waals surface area contributed by atoms with Gasteiger partial charge < -0.3 is 14.4 Å². The molecule has 0 radical (unpaired) electrons. The number of hydrogen-bond acceptors (Lipinski definition) is 5. The number of rotatable bonds is 4. The van der Waals surface area contributed by atoms with Crippen LogP contribution in [0.3, 0.4) is 0 Å². The van der Waals surface area contributed by atoms with Crippen molar-refractivity contribution in [3.8, 4) is 6.01 Å². The summed E-state index contributed by atoms with van der Waals surface area (Å²) in [4.78, 5) is 10.3. The summed E-state index contributed by atoms with van der Waals surface area (Å²) in [5.41, 5.74) is 0. The molecule has 1 aliphatic rings. The second kappa shape index (κ2) is 4.84. The molecule has 0 saturated carbocycles. The van der Waals surface area contributed by atoms with Crippen molar-refractivity contribution >= 4 is 17.4 Å². The van der Waals surface area contributed by atoms with Gasteiger partial charge in [0.1, 0.15) is 11.0 Å². The van der Waals surface area contributed by atoms with E-state index in [1.807, 2.05) is 6.92 Å². The SMILES string of the molecule is CCOc1nc(Cl)cc(N2CC(OC)C2)n1. The normalized spacial score (nSPS) is 16.1. The highest BCUT2D eigenvalue weighted by Gasteiger charge is 2.28. The number of methoxy groups -OCH3 is 1. The maximum Gasteiger partial charge on any atom is 0.319 e. The van der Waals surface area contributed by atoms with Gasteiger partial charge >= 0.3 is 6.01 Å². The highest BCUT2D eigenvalue weighted by molar-refractivity contribution is 6.29. The van der Waals surface area contributed by atoms with Gasteiger partial charge in [0, 0.05) is 26.3 Å². The molecule has 0 aromatic carbocycles. The summed E-state index contributed by atoms with van der Waals surface area (Å²) in [7, 11) is 1.71. The summed E-state index contributed by atoms with van der Waals surface area (Å²) in [5.74, 6) is 0.789. The summed E-state index contributed by atoms with van der Waals surface area (Å²) in [5, 5.41) is 0.398. The van der Waals surface area contributed by atoms with Gasteiger partial charge in [-0.05, 0) is 6.92 Å². The Morgan fingerprint density at radius 3 is 2.88 bits per heavy atom. The molecule has 6 heteroatoms. The maximum absolute atomic E-state index is 5.89. The molecule has 16 heavy (non-hydrogen) atoms. The van der Waals surface area contributed by atoms with E-state index in [2.05, 4.69) is 14.9 Å². The molecule has 0 spiro atoms. The molecular weight excluding hydrogens is 230 g/mol. The Morgan fingerprint density at radius 2 is 2.25 bits per heavy atom. The lowest BCUT2D eigenvalue weighted by Gasteiger charge is -2.38. The van der Waals surface area contributed by atoms with Gasteiger partial charge in [0.2, 0.25) is 0 Å². The van der Waals surface area contributed by atoms with E-state index >= 15 is 0 Å². The van der Waals surface area contributed by atoms with Crippen LogP contribution in [0.5, 0.6) is 6.01 Å². The van der Waals surface area contributed by atoms with Crippen molar-refractivity contribution in [1.82, 2.24) is 9.97 Å². The number of aromatic nitrogens is 2. The van der Waals surface area contributed by atoms with Crippen LogP contribution in [0, 0.1) is 0 Å². The van der Waals surface area contributed by atoms with Crippen molar-refractivity contribution in [2.24, 2.45) is 0 Å². The molecule has 1 fully saturated rings. The first-order valence-corrected chi connectivity index (χ1v) is 5.56. The Kier molecular flexibility index (Phi) is 3.46. The van der Waals surface area contributed by atoms with Gasteiger partial charge in [0.15, 0.2) is 0 Å². The van der Waals surface area contributed by atoms with Gasteiger partial charge in [-0.15, -0.1) is 0 Å². The van der Waals surface area contributed by atoms with Crippen LogP contribution in [-0.4, -0.2) is 42.9 Å². The Balaban J connectivity index is 2.09. The van der Waals surface area contributed by atoms with Crippen LogP contribution in [-0.2, 0) is 4.74 Å². The molecule has 2 heterocycles. The predicted molar refractivity (Wildman–Crippen MR) is 61.2 cm³/mol. The van der Waals surface area contributed by atoms with Crippen LogP contribution in [0.2, 0.25) is 5.15 Å². The summed E-state index contributed by atoms with van der Waals surface area (Å²) in [6, 6.07) is 2.06. The molecule has 0 amide bonds. The molecule has 0 N–H and O–H groups in total. The molecule has 88 valence electrons. The first-order chi connectivity index (χ1) is 7.72. The lowest BCUT2D eigenvalue weighted by atomic mass is 10.2. The van der Waals surface area contributed by atoms with Crippen LogP contribution >= 0.6 is 11.6 Å². The Hall–Kier alpha value is -1.07. The zero-order valence-electron chi connectivity index (χ0n) is 9.31. The first kappa shape index (κ1) is 11.4. The van der Waals surface area contributed by atoms with Crippen molar-refractivity contribution in [2.75, 3.05) is 31.7 Å². The van der Waals surface area contributed by atoms with E-state index in [1.165, 1.54) is 0 Å². The van der Waals surface area contributed by atoms with Gasteiger partial charge in [-0.2, -0.15) is 9.97 Å². The zero-order chi connectivity index (χ0) is 11.5. The molecule has 2 rings (SSSR count). The molecule has 0 bridgehead atoms. The van der Waals surface area contributed by atoms with Crippen molar-refractivity contribution < 1.29 is 9.47 Å². The number of halogens is 1. The molecule has 1 aromatic rings. The molecule has 5 nitrogen and oxygen atoms in total. The van der Waals surface area contributed by atoms with Crippen LogP contribution in [0.1, 0.15) is 6.92 Å². The van der Waals surface area contributed by atoms with E-state index in [-0.39, 0.29) is 6.10 Å². The van der Waals surface area contributed by atoms with Crippen LogP contribution in [0.15, 0.2) is 6.07 Å². The third kappa shape index (κ3) is 2.36. The standard InChI is InChI=1S/C10H14ClN3O2/c1-3-16-10-12-8(11)4-9(13-10)14-5-7(6-14)15-2/h4,7H,3,5-6H2,1-2H3. The fraction of sp³-hybridized carbons (Fsp3) is 0.600. The van der Waals surface area contributed by atoms with Crippen molar-refractivity contribution in [1.29, 1.82) is 0 Å². The average molecular weight is 244 g/mol.